The van der Waals surface area contributed by atoms with Gasteiger partial charge >= 0.3 is 0 Å². The molecule has 0 aliphatic carbocycles. The van der Waals surface area contributed by atoms with E-state index in [0.717, 1.165) is 25.9 Å². The number of carbonyl (C=O) groups excluding carboxylic acids is 1. The fourth-order valence-electron chi connectivity index (χ4n) is 1.15. The van der Waals surface area contributed by atoms with Crippen molar-refractivity contribution in [2.45, 2.75) is 40.5 Å². The van der Waals surface area contributed by atoms with Gasteiger partial charge in [0.25, 0.3) is 0 Å². The second-order valence-electron chi connectivity index (χ2n) is 3.48. The molecule has 0 fully saturated rings. The zero-order valence-electron chi connectivity index (χ0n) is 8.76. The molecule has 0 aliphatic rings. The van der Waals surface area contributed by atoms with Crippen LogP contribution in [0.15, 0.2) is 0 Å². The van der Waals surface area contributed by atoms with Crippen LogP contribution in [0.25, 0.3) is 0 Å². The summed E-state index contributed by atoms with van der Waals surface area (Å²) in [6, 6.07) is 0. The monoisotopic (exact) mass is 171 g/mol. The molecule has 0 aromatic carbocycles. The molecule has 1 unspecified atom stereocenters. The van der Waals surface area contributed by atoms with E-state index in [1.165, 1.54) is 0 Å². The van der Waals surface area contributed by atoms with Gasteiger partial charge in [0.15, 0.2) is 0 Å². The van der Waals surface area contributed by atoms with Gasteiger partial charge in [-0.05, 0) is 12.3 Å². The lowest BCUT2D eigenvalue weighted by molar-refractivity contribution is -0.129. The van der Waals surface area contributed by atoms with Crippen molar-refractivity contribution in [3.05, 3.63) is 0 Å². The zero-order chi connectivity index (χ0) is 9.56. The second kappa shape index (κ2) is 6.04. The summed E-state index contributed by atoms with van der Waals surface area (Å²) in [4.78, 5) is 13.0. The van der Waals surface area contributed by atoms with E-state index in [1.54, 1.807) is 6.92 Å². The number of rotatable bonds is 5. The van der Waals surface area contributed by atoms with E-state index in [2.05, 4.69) is 20.8 Å². The Labute approximate surface area is 75.9 Å². The van der Waals surface area contributed by atoms with Gasteiger partial charge in [-0.25, -0.2) is 0 Å². The van der Waals surface area contributed by atoms with E-state index >= 15 is 0 Å². The van der Waals surface area contributed by atoms with Gasteiger partial charge in [-0.2, -0.15) is 0 Å². The van der Waals surface area contributed by atoms with Crippen molar-refractivity contribution < 1.29 is 4.79 Å². The van der Waals surface area contributed by atoms with Gasteiger partial charge in [-0.1, -0.05) is 27.2 Å². The Morgan fingerprint density at radius 3 is 2.33 bits per heavy atom. The molecule has 0 aromatic heterocycles. The average Bonchev–Trinajstić information content (AvgIpc) is 2.03. The van der Waals surface area contributed by atoms with E-state index in [0.29, 0.717) is 5.92 Å². The first kappa shape index (κ1) is 11.5. The fraction of sp³-hybridized carbons (Fsp3) is 0.900. The molecular formula is C10H21NO. The van der Waals surface area contributed by atoms with Crippen molar-refractivity contribution in [2.24, 2.45) is 5.92 Å². The van der Waals surface area contributed by atoms with Crippen molar-refractivity contribution in [2.75, 3.05) is 13.1 Å². The number of carbonyl (C=O) groups is 1. The lowest BCUT2D eigenvalue weighted by atomic mass is 10.1. The first-order chi connectivity index (χ1) is 5.61. The second-order valence-corrected chi connectivity index (χ2v) is 3.48. The van der Waals surface area contributed by atoms with Crippen molar-refractivity contribution in [3.63, 3.8) is 0 Å². The summed E-state index contributed by atoms with van der Waals surface area (Å²) in [7, 11) is 0. The Bertz CT molecular complexity index is 134. The first-order valence-electron chi connectivity index (χ1n) is 4.87. The molecule has 0 aliphatic heterocycles. The summed E-state index contributed by atoms with van der Waals surface area (Å²) in [6.07, 6.45) is 2.20. The minimum atomic E-state index is 0.206. The Morgan fingerprint density at radius 2 is 2.00 bits per heavy atom. The van der Waals surface area contributed by atoms with Crippen LogP contribution in [0.2, 0.25) is 0 Å². The van der Waals surface area contributed by atoms with Gasteiger partial charge in [0.2, 0.25) is 5.91 Å². The van der Waals surface area contributed by atoms with Crippen LogP contribution < -0.4 is 0 Å². The summed E-state index contributed by atoms with van der Waals surface area (Å²) in [5.74, 6) is 0.831. The van der Waals surface area contributed by atoms with Crippen LogP contribution in [-0.2, 0) is 4.79 Å². The molecule has 0 N–H and O–H groups in total. The molecule has 2 heteroatoms. The highest BCUT2D eigenvalue weighted by Gasteiger charge is 2.09. The molecule has 12 heavy (non-hydrogen) atoms. The van der Waals surface area contributed by atoms with Crippen LogP contribution in [0, 0.1) is 5.92 Å². The summed E-state index contributed by atoms with van der Waals surface area (Å²) in [6.45, 7) is 9.92. The number of amides is 1. The summed E-state index contributed by atoms with van der Waals surface area (Å²) in [5, 5.41) is 0. The minimum Gasteiger partial charge on any atom is -0.343 e. The quantitative estimate of drug-likeness (QED) is 0.621. The van der Waals surface area contributed by atoms with Gasteiger partial charge in [0.05, 0.1) is 0 Å². The predicted molar refractivity (Wildman–Crippen MR) is 52.0 cm³/mol. The topological polar surface area (TPSA) is 20.3 Å². The normalized spacial score (nSPS) is 12.7. The Morgan fingerprint density at radius 1 is 1.42 bits per heavy atom. The number of hydrogen-bond donors (Lipinski definition) is 0. The van der Waals surface area contributed by atoms with Crippen molar-refractivity contribution in [3.8, 4) is 0 Å². The molecule has 1 amide bonds. The summed E-state index contributed by atoms with van der Waals surface area (Å²) >= 11 is 0. The molecule has 0 radical (unpaired) electrons. The highest BCUT2D eigenvalue weighted by Crippen LogP contribution is 2.04. The van der Waals surface area contributed by atoms with Gasteiger partial charge in [-0.15, -0.1) is 0 Å². The van der Waals surface area contributed by atoms with Crippen molar-refractivity contribution in [1.82, 2.24) is 4.90 Å². The molecule has 1 atom stereocenters. The van der Waals surface area contributed by atoms with Crippen LogP contribution in [0.5, 0.6) is 0 Å². The zero-order valence-corrected chi connectivity index (χ0v) is 8.76. The fourth-order valence-corrected chi connectivity index (χ4v) is 1.15. The van der Waals surface area contributed by atoms with Crippen molar-refractivity contribution in [1.29, 1.82) is 0 Å². The van der Waals surface area contributed by atoms with Gasteiger partial charge in [-0.3, -0.25) is 4.79 Å². The first-order valence-corrected chi connectivity index (χ1v) is 4.87. The SMILES string of the molecule is CCCN(CC(C)CC)C(C)=O. The molecule has 2 nitrogen and oxygen atoms in total. The maximum Gasteiger partial charge on any atom is 0.219 e. The highest BCUT2D eigenvalue weighted by atomic mass is 16.2. The summed E-state index contributed by atoms with van der Waals surface area (Å²) < 4.78 is 0. The van der Waals surface area contributed by atoms with Crippen LogP contribution in [0.3, 0.4) is 0 Å². The molecule has 0 bridgehead atoms. The Hall–Kier alpha value is -0.530. The third kappa shape index (κ3) is 4.37. The van der Waals surface area contributed by atoms with Crippen molar-refractivity contribution >= 4 is 5.91 Å². The van der Waals surface area contributed by atoms with E-state index in [1.807, 2.05) is 4.90 Å². The van der Waals surface area contributed by atoms with Gasteiger partial charge < -0.3 is 4.90 Å². The maximum absolute atomic E-state index is 11.1. The van der Waals surface area contributed by atoms with E-state index in [-0.39, 0.29) is 5.91 Å². The molecule has 0 saturated carbocycles. The molecule has 0 spiro atoms. The van der Waals surface area contributed by atoms with E-state index < -0.39 is 0 Å². The lowest BCUT2D eigenvalue weighted by Crippen LogP contribution is -2.33. The molecular weight excluding hydrogens is 150 g/mol. The standard InChI is InChI=1S/C10H21NO/c1-5-7-11(10(4)12)8-9(3)6-2/h9H,5-8H2,1-4H3. The van der Waals surface area contributed by atoms with Gasteiger partial charge in [0, 0.05) is 20.0 Å². The largest absolute Gasteiger partial charge is 0.343 e. The van der Waals surface area contributed by atoms with E-state index in [4.69, 9.17) is 0 Å². The minimum absolute atomic E-state index is 0.206. The molecule has 0 heterocycles. The smallest absolute Gasteiger partial charge is 0.219 e. The van der Waals surface area contributed by atoms with Crippen LogP contribution in [0.1, 0.15) is 40.5 Å². The van der Waals surface area contributed by atoms with Crippen LogP contribution >= 0.6 is 0 Å². The third-order valence-corrected chi connectivity index (χ3v) is 2.17. The number of hydrogen-bond acceptors (Lipinski definition) is 1. The molecule has 0 aromatic rings. The molecule has 0 saturated heterocycles. The van der Waals surface area contributed by atoms with Crippen LogP contribution in [-0.4, -0.2) is 23.9 Å². The third-order valence-electron chi connectivity index (χ3n) is 2.17. The van der Waals surface area contributed by atoms with Crippen LogP contribution in [0.4, 0.5) is 0 Å². The van der Waals surface area contributed by atoms with E-state index in [9.17, 15) is 4.79 Å². The lowest BCUT2D eigenvalue weighted by Gasteiger charge is -2.23. The van der Waals surface area contributed by atoms with Gasteiger partial charge in [0.1, 0.15) is 0 Å². The Kier molecular flexibility index (Phi) is 5.77. The predicted octanol–water partition coefficient (Wildman–Crippen LogP) is 2.29. The molecule has 0 rings (SSSR count). The average molecular weight is 171 g/mol. The summed E-state index contributed by atoms with van der Waals surface area (Å²) in [5.41, 5.74) is 0. The molecule has 72 valence electrons. The Balaban J connectivity index is 3.86. The highest BCUT2D eigenvalue weighted by molar-refractivity contribution is 5.73. The number of nitrogens with zero attached hydrogens (tertiary/aromatic N) is 1. The maximum atomic E-state index is 11.1.